The summed E-state index contributed by atoms with van der Waals surface area (Å²) in [6.07, 6.45) is 1.03. The second kappa shape index (κ2) is 8.08. The quantitative estimate of drug-likeness (QED) is 0.745. The fourth-order valence-electron chi connectivity index (χ4n) is 2.96. The van der Waals surface area contributed by atoms with Crippen molar-refractivity contribution < 1.29 is 17.5 Å². The molecule has 28 heavy (non-hydrogen) atoms. The number of ether oxygens (including phenoxy) is 1. The number of aromatic nitrogens is 2. The Morgan fingerprint density at radius 2 is 2.00 bits per heavy atom. The van der Waals surface area contributed by atoms with E-state index in [0.29, 0.717) is 22.8 Å². The molecule has 1 aliphatic rings. The van der Waals surface area contributed by atoms with E-state index in [1.54, 1.807) is 23.2 Å². The molecule has 3 rings (SSSR count). The lowest BCUT2D eigenvalue weighted by molar-refractivity contribution is -0.00590. The first-order chi connectivity index (χ1) is 13.2. The van der Waals surface area contributed by atoms with E-state index in [1.807, 2.05) is 14.1 Å². The fourth-order valence-corrected chi connectivity index (χ4v) is 4.05. The van der Waals surface area contributed by atoms with Crippen LogP contribution >= 0.6 is 0 Å². The molecular formula is C18H24FN5O3S. The molecule has 152 valence electrons. The molecule has 2 aromatic rings. The molecule has 1 saturated heterocycles. The number of hydrogen-bond donors (Lipinski definition) is 0. The lowest BCUT2D eigenvalue weighted by atomic mass is 10.0. The zero-order valence-electron chi connectivity index (χ0n) is 16.3. The van der Waals surface area contributed by atoms with Gasteiger partial charge in [0.2, 0.25) is 5.95 Å². The zero-order chi connectivity index (χ0) is 20.5. The first-order valence-electron chi connectivity index (χ1n) is 8.79. The molecule has 2 heterocycles. The summed E-state index contributed by atoms with van der Waals surface area (Å²) in [4.78, 5) is 10.7. The van der Waals surface area contributed by atoms with Crippen LogP contribution in [0, 0.1) is 5.82 Å². The van der Waals surface area contributed by atoms with Gasteiger partial charge in [0, 0.05) is 53.0 Å². The molecular weight excluding hydrogens is 385 g/mol. The Morgan fingerprint density at radius 1 is 1.25 bits per heavy atom. The van der Waals surface area contributed by atoms with Crippen molar-refractivity contribution in [3.63, 3.8) is 0 Å². The summed E-state index contributed by atoms with van der Waals surface area (Å²) in [5.74, 6) is 0.0906. The minimum Gasteiger partial charge on any atom is -0.369 e. The van der Waals surface area contributed by atoms with Gasteiger partial charge in [0.15, 0.2) is 0 Å². The third-order valence-electron chi connectivity index (χ3n) is 4.46. The number of nitrogens with zero attached hydrogens (tertiary/aromatic N) is 5. The van der Waals surface area contributed by atoms with Crippen molar-refractivity contribution >= 4 is 16.2 Å². The first-order valence-corrected chi connectivity index (χ1v) is 10.2. The molecule has 10 heteroatoms. The molecule has 0 bridgehead atoms. The Balaban J connectivity index is 2.05. The molecule has 0 N–H and O–H groups in total. The van der Waals surface area contributed by atoms with Gasteiger partial charge in [-0.05, 0) is 17.7 Å². The van der Waals surface area contributed by atoms with Gasteiger partial charge < -0.3 is 9.64 Å². The van der Waals surface area contributed by atoms with Crippen LogP contribution in [0.1, 0.15) is 11.8 Å². The summed E-state index contributed by atoms with van der Waals surface area (Å²) in [6, 6.07) is 6.13. The second-order valence-electron chi connectivity index (χ2n) is 6.88. The Hall–Kier alpha value is -2.14. The van der Waals surface area contributed by atoms with Gasteiger partial charge in [0.1, 0.15) is 11.9 Å². The minimum atomic E-state index is -3.58. The number of halogens is 1. The lowest BCUT2D eigenvalue weighted by Gasteiger charge is -2.34. The topological polar surface area (TPSA) is 78.9 Å². The van der Waals surface area contributed by atoms with Gasteiger partial charge in [-0.3, -0.25) is 0 Å². The van der Waals surface area contributed by atoms with Crippen molar-refractivity contribution in [2.24, 2.45) is 0 Å². The Morgan fingerprint density at radius 3 is 2.64 bits per heavy atom. The largest absolute Gasteiger partial charge is 0.369 e. The highest BCUT2D eigenvalue weighted by Gasteiger charge is 2.33. The molecule has 8 nitrogen and oxygen atoms in total. The molecule has 1 fully saturated rings. The molecule has 0 spiro atoms. The second-order valence-corrected chi connectivity index (χ2v) is 9.02. The van der Waals surface area contributed by atoms with Crippen molar-refractivity contribution in [2.75, 3.05) is 52.8 Å². The van der Waals surface area contributed by atoms with E-state index >= 15 is 0 Å². The zero-order valence-corrected chi connectivity index (χ0v) is 17.1. The van der Waals surface area contributed by atoms with Crippen LogP contribution in [-0.4, -0.2) is 74.9 Å². The fraction of sp³-hybridized carbons (Fsp3) is 0.444. The third kappa shape index (κ3) is 4.14. The minimum absolute atomic E-state index is 0.118. The standard InChI is InChI=1S/C18H24FN5O3S/c1-22(2)18-20-11-15(13-6-5-7-14(19)10-13)17(21-18)16-12-24(8-9-27-16)28(25,26)23(3)4/h5-7,10-11,16H,8-9,12H2,1-4H3/t16-/m0/s1. The van der Waals surface area contributed by atoms with Crippen molar-refractivity contribution in [1.29, 1.82) is 0 Å². The highest BCUT2D eigenvalue weighted by Crippen LogP contribution is 2.32. The summed E-state index contributed by atoms with van der Waals surface area (Å²) in [7, 11) is 3.03. The Kier molecular flexibility index (Phi) is 5.94. The molecule has 0 amide bonds. The maximum Gasteiger partial charge on any atom is 0.281 e. The lowest BCUT2D eigenvalue weighted by Crippen LogP contribution is -2.47. The van der Waals surface area contributed by atoms with Gasteiger partial charge in [0.05, 0.1) is 12.3 Å². The highest BCUT2D eigenvalue weighted by molar-refractivity contribution is 7.86. The highest BCUT2D eigenvalue weighted by atomic mass is 32.2. The third-order valence-corrected chi connectivity index (χ3v) is 6.37. The van der Waals surface area contributed by atoms with Crippen LogP contribution in [0.25, 0.3) is 11.1 Å². The van der Waals surface area contributed by atoms with Crippen molar-refractivity contribution in [1.82, 2.24) is 18.6 Å². The number of anilines is 1. The number of benzene rings is 1. The van der Waals surface area contributed by atoms with Crippen molar-refractivity contribution in [3.8, 4) is 11.1 Å². The van der Waals surface area contributed by atoms with E-state index < -0.39 is 16.3 Å². The average Bonchev–Trinajstić information content (AvgIpc) is 2.67. The molecule has 1 aromatic carbocycles. The maximum absolute atomic E-state index is 13.8. The van der Waals surface area contributed by atoms with E-state index in [-0.39, 0.29) is 25.5 Å². The van der Waals surface area contributed by atoms with Crippen molar-refractivity contribution in [3.05, 3.63) is 42.0 Å². The number of hydrogen-bond acceptors (Lipinski definition) is 6. The predicted molar refractivity (Wildman–Crippen MR) is 105 cm³/mol. The van der Waals surface area contributed by atoms with Crippen LogP contribution in [0.2, 0.25) is 0 Å². The van der Waals surface area contributed by atoms with Gasteiger partial charge in [-0.25, -0.2) is 14.4 Å². The summed E-state index contributed by atoms with van der Waals surface area (Å²) in [6.45, 7) is 0.617. The summed E-state index contributed by atoms with van der Waals surface area (Å²) < 4.78 is 47.3. The summed E-state index contributed by atoms with van der Waals surface area (Å²) in [5.41, 5.74) is 1.75. The molecule has 0 saturated carbocycles. The monoisotopic (exact) mass is 409 g/mol. The van der Waals surface area contributed by atoms with E-state index in [1.165, 1.54) is 34.8 Å². The summed E-state index contributed by atoms with van der Waals surface area (Å²) >= 11 is 0. The predicted octanol–water partition coefficient (Wildman–Crippen LogP) is 1.53. The molecule has 1 aromatic heterocycles. The van der Waals surface area contributed by atoms with E-state index in [0.717, 1.165) is 0 Å². The summed E-state index contributed by atoms with van der Waals surface area (Å²) in [5, 5.41) is 0. The van der Waals surface area contributed by atoms with E-state index in [2.05, 4.69) is 9.97 Å². The Bertz CT molecular complexity index is 952. The smallest absolute Gasteiger partial charge is 0.281 e. The van der Waals surface area contributed by atoms with Gasteiger partial charge in [0.25, 0.3) is 10.2 Å². The number of rotatable bonds is 5. The van der Waals surface area contributed by atoms with Crippen LogP contribution in [0.15, 0.2) is 30.5 Å². The van der Waals surface area contributed by atoms with Gasteiger partial charge in [-0.1, -0.05) is 12.1 Å². The molecule has 0 aliphatic carbocycles. The maximum atomic E-state index is 13.8. The van der Waals surface area contributed by atoms with Crippen LogP contribution in [0.5, 0.6) is 0 Å². The number of morpholine rings is 1. The molecule has 1 aliphatic heterocycles. The van der Waals surface area contributed by atoms with Crippen LogP contribution in [0.3, 0.4) is 0 Å². The molecule has 0 radical (unpaired) electrons. The molecule has 1 atom stereocenters. The van der Waals surface area contributed by atoms with Crippen molar-refractivity contribution in [2.45, 2.75) is 6.10 Å². The van der Waals surface area contributed by atoms with Crippen LogP contribution in [0.4, 0.5) is 10.3 Å². The van der Waals surface area contributed by atoms with E-state index in [9.17, 15) is 12.8 Å². The van der Waals surface area contributed by atoms with Crippen LogP contribution in [-0.2, 0) is 14.9 Å². The van der Waals surface area contributed by atoms with Gasteiger partial charge >= 0.3 is 0 Å². The van der Waals surface area contributed by atoms with Gasteiger partial charge in [-0.2, -0.15) is 17.0 Å². The first kappa shape index (κ1) is 20.6. The van der Waals surface area contributed by atoms with Gasteiger partial charge in [-0.15, -0.1) is 0 Å². The normalized spacial score (nSPS) is 18.4. The Labute approximate surface area is 164 Å². The van der Waals surface area contributed by atoms with E-state index in [4.69, 9.17) is 4.74 Å². The molecule has 0 unspecified atom stereocenters. The average molecular weight is 409 g/mol. The SMILES string of the molecule is CN(C)c1ncc(-c2cccc(F)c2)c([C@@H]2CN(S(=O)(=O)N(C)C)CCO2)n1. The van der Waals surface area contributed by atoms with Crippen LogP contribution < -0.4 is 4.90 Å².